The molecule has 1 aromatic rings. The Morgan fingerprint density at radius 3 is 1.48 bits per heavy atom. The van der Waals surface area contributed by atoms with Gasteiger partial charge in [-0.15, -0.1) is 0 Å². The molecule has 0 aliphatic heterocycles. The molecule has 5 nitrogen and oxygen atoms in total. The molecule has 0 amide bonds. The van der Waals surface area contributed by atoms with Crippen LogP contribution in [-0.2, 0) is 28.6 Å². The summed E-state index contributed by atoms with van der Waals surface area (Å²) in [5, 5.41) is -7.05. The molecule has 0 bridgehead atoms. The number of imidazole rings is 1. The minimum Gasteiger partial charge on any atom is -0.281 e. The summed E-state index contributed by atoms with van der Waals surface area (Å²) < 4.78 is 306. The molecule has 248 valence electrons. The van der Waals surface area contributed by atoms with Crippen LogP contribution in [0.15, 0.2) is 12.4 Å². The molecule has 0 saturated carbocycles. The van der Waals surface area contributed by atoms with Gasteiger partial charge in [0.15, 0.2) is 0 Å². The molecule has 0 unspecified atom stereocenters. The van der Waals surface area contributed by atoms with Crippen LogP contribution in [0.25, 0.3) is 0 Å². The van der Waals surface area contributed by atoms with Crippen LogP contribution in [0.1, 0.15) is 12.2 Å². The molecule has 0 aliphatic carbocycles. The maximum absolute atomic E-state index is 14.4. The number of halogens is 21. The number of aromatic nitrogens is 2. The molecule has 1 aromatic heterocycles. The predicted octanol–water partition coefficient (Wildman–Crippen LogP) is 6.29. The van der Waals surface area contributed by atoms with Crippen molar-refractivity contribution in [2.75, 3.05) is 0 Å². The molecule has 42 heavy (non-hydrogen) atoms. The number of hydrogen-bond acceptors (Lipinski definition) is 2. The lowest BCUT2D eigenvalue weighted by Crippen LogP contribution is -2.70. The molecular formula is C15H8F21N2O3S+. The summed E-state index contributed by atoms with van der Waals surface area (Å²) in [7, 11) is -7.47. The largest absolute Gasteiger partial charge is 0.460 e. The second-order valence-corrected chi connectivity index (χ2v) is 9.35. The molecule has 0 fully saturated rings. The van der Waals surface area contributed by atoms with Crippen LogP contribution >= 0.6 is 0 Å². The van der Waals surface area contributed by atoms with Gasteiger partial charge >= 0.3 is 75.4 Å². The van der Waals surface area contributed by atoms with Gasteiger partial charge in [-0.1, -0.05) is 0 Å². The molecule has 0 aromatic carbocycles. The highest BCUT2D eigenvalue weighted by atomic mass is 32.2. The van der Waals surface area contributed by atoms with E-state index in [1.807, 2.05) is 0 Å². The summed E-state index contributed by atoms with van der Waals surface area (Å²) in [4.78, 5) is 0. The van der Waals surface area contributed by atoms with E-state index < -0.39 is 110 Å². The van der Waals surface area contributed by atoms with Gasteiger partial charge in [0.25, 0.3) is 0 Å². The molecule has 27 heteroatoms. The lowest BCUT2D eigenvalue weighted by atomic mass is 9.92. The second kappa shape index (κ2) is 10.1. The third kappa shape index (κ3) is 5.30. The number of alkyl halides is 21. The van der Waals surface area contributed by atoms with Crippen LogP contribution in [0, 0.1) is 0 Å². The second-order valence-electron chi connectivity index (χ2n) is 7.89. The Kier molecular flexibility index (Phi) is 9.06. The Balaban J connectivity index is 3.79. The summed E-state index contributed by atoms with van der Waals surface area (Å²) in [6.45, 7) is -2.86. The van der Waals surface area contributed by atoms with Crippen molar-refractivity contribution in [1.29, 1.82) is 0 Å². The van der Waals surface area contributed by atoms with Crippen molar-refractivity contribution >= 4 is 10.1 Å². The van der Waals surface area contributed by atoms with Gasteiger partial charge in [-0.2, -0.15) is 105 Å². The van der Waals surface area contributed by atoms with Crippen molar-refractivity contribution in [1.82, 2.24) is 4.57 Å². The molecule has 0 spiro atoms. The normalized spacial score (nSPS) is 16.0. The number of nitrogens with zero attached hydrogens (tertiary/aromatic N) is 2. The van der Waals surface area contributed by atoms with Crippen molar-refractivity contribution in [3.63, 3.8) is 0 Å². The fourth-order valence-corrected chi connectivity index (χ4v) is 3.21. The van der Waals surface area contributed by atoms with E-state index in [1.54, 1.807) is 0 Å². The first-order valence-corrected chi connectivity index (χ1v) is 10.9. The smallest absolute Gasteiger partial charge is 0.281 e. The Morgan fingerprint density at radius 1 is 0.714 bits per heavy atom. The van der Waals surface area contributed by atoms with Crippen LogP contribution in [0.5, 0.6) is 0 Å². The molecule has 1 N–H and O–H groups in total. The monoisotopic (exact) mass is 695 g/mol. The lowest BCUT2D eigenvalue weighted by Gasteiger charge is -2.39. The van der Waals surface area contributed by atoms with Gasteiger partial charge in [0.05, 0.1) is 13.0 Å². The average Bonchev–Trinajstić information content (AvgIpc) is 3.21. The first-order valence-electron chi connectivity index (χ1n) is 9.48. The average molecular weight is 695 g/mol. The molecule has 0 atom stereocenters. The van der Waals surface area contributed by atoms with E-state index in [1.165, 1.54) is 0 Å². The van der Waals surface area contributed by atoms with Crippen molar-refractivity contribution in [2.45, 2.75) is 72.4 Å². The van der Waals surface area contributed by atoms with Crippen LogP contribution in [-0.4, -0.2) is 65.0 Å². The summed E-state index contributed by atoms with van der Waals surface area (Å²) in [6.07, 6.45) is -18.1. The molecule has 0 saturated heterocycles. The zero-order valence-corrected chi connectivity index (χ0v) is 19.5. The van der Waals surface area contributed by atoms with Crippen LogP contribution in [0.2, 0.25) is 0 Å². The minimum absolute atomic E-state index is 0.696. The van der Waals surface area contributed by atoms with Gasteiger partial charge in [-0.25, -0.2) is 4.57 Å². The first-order chi connectivity index (χ1) is 18.0. The number of rotatable bonds is 12. The van der Waals surface area contributed by atoms with Crippen LogP contribution in [0.3, 0.4) is 0 Å². The van der Waals surface area contributed by atoms with Crippen LogP contribution in [0.4, 0.5) is 92.2 Å². The molecule has 1 heterocycles. The fourth-order valence-electron chi connectivity index (χ4n) is 2.80. The van der Waals surface area contributed by atoms with Crippen LogP contribution < -0.4 is 4.57 Å². The summed E-state index contributed by atoms with van der Waals surface area (Å²) in [5.74, 6) is -50.6. The van der Waals surface area contributed by atoms with Crippen molar-refractivity contribution in [3.05, 3.63) is 18.2 Å². The molecule has 0 radical (unpaired) electrons. The number of aryl methyl sites for hydroxylation is 1. The highest BCUT2D eigenvalue weighted by Crippen LogP contribution is 2.60. The zero-order chi connectivity index (χ0) is 34.1. The number of hydrogen-bond donors (Lipinski definition) is 1. The summed E-state index contributed by atoms with van der Waals surface area (Å²) in [5.41, 5.74) is 0. The SMILES string of the molecule is O=S(=O)(O)C(F)(F)C(F)(F)c1n(C(F)(F)C(F)F)cc[n+]1CCC(F)(F)C(F)(F)C(F)(F)C(F)(F)C(F)(F)C(F)(F)F. The van der Waals surface area contributed by atoms with E-state index in [0.29, 0.717) is 0 Å². The first kappa shape index (κ1) is 37.7. The van der Waals surface area contributed by atoms with Crippen molar-refractivity contribution in [2.24, 2.45) is 0 Å². The maximum Gasteiger partial charge on any atom is 0.460 e. The quantitative estimate of drug-likeness (QED) is 0.159. The molecular weight excluding hydrogens is 687 g/mol. The van der Waals surface area contributed by atoms with E-state index >= 15 is 0 Å². The maximum atomic E-state index is 14.4. The van der Waals surface area contributed by atoms with Gasteiger partial charge in [0.1, 0.15) is 12.4 Å². The van der Waals surface area contributed by atoms with E-state index in [-0.39, 0.29) is 0 Å². The van der Waals surface area contributed by atoms with E-state index in [0.717, 1.165) is 0 Å². The molecule has 0 aliphatic rings. The topological polar surface area (TPSA) is 63.2 Å². The van der Waals surface area contributed by atoms with Gasteiger partial charge < -0.3 is 0 Å². The summed E-state index contributed by atoms with van der Waals surface area (Å²) >= 11 is 0. The third-order valence-electron chi connectivity index (χ3n) is 5.12. The van der Waals surface area contributed by atoms with Gasteiger partial charge in [-0.3, -0.25) is 4.55 Å². The van der Waals surface area contributed by atoms with Crippen molar-refractivity contribution < 1.29 is 110 Å². The summed E-state index contributed by atoms with van der Waals surface area (Å²) in [6, 6.07) is -6.15. The Morgan fingerprint density at radius 2 is 1.12 bits per heavy atom. The fraction of sp³-hybridized carbons (Fsp3) is 0.800. The highest BCUT2D eigenvalue weighted by molar-refractivity contribution is 7.86. The third-order valence-corrected chi connectivity index (χ3v) is 6.02. The van der Waals surface area contributed by atoms with E-state index in [4.69, 9.17) is 4.55 Å². The lowest BCUT2D eigenvalue weighted by molar-refractivity contribution is -0.717. The standard InChI is InChI=1S/C15H7F21N2O3S/c16-5(17)9(22,23)38-4-3-37(6(38)8(20,21)15(35,36)42(39,40)41)2-1-7(18,19)10(24,25)11(26,27)12(28,29)13(30,31)14(32,33)34/h3-5H,1-2H2/p+1. The van der Waals surface area contributed by atoms with Gasteiger partial charge in [-0.05, 0) is 0 Å². The van der Waals surface area contributed by atoms with Gasteiger partial charge in [0, 0.05) is 0 Å². The van der Waals surface area contributed by atoms with E-state index in [9.17, 15) is 101 Å². The van der Waals surface area contributed by atoms with E-state index in [2.05, 4.69) is 0 Å². The highest BCUT2D eigenvalue weighted by Gasteiger charge is 2.90. The Labute approximate surface area is 216 Å². The Hall–Kier alpha value is -2.35. The zero-order valence-electron chi connectivity index (χ0n) is 18.6. The predicted molar refractivity (Wildman–Crippen MR) is 86.6 cm³/mol. The van der Waals surface area contributed by atoms with Crippen molar-refractivity contribution in [3.8, 4) is 0 Å². The van der Waals surface area contributed by atoms with Gasteiger partial charge in [0.2, 0.25) is 0 Å². The Bertz CT molecular complexity index is 1250. The molecule has 1 rings (SSSR count). The minimum atomic E-state index is -8.41.